The van der Waals surface area contributed by atoms with Crippen molar-refractivity contribution < 1.29 is 4.79 Å². The maximum Gasteiger partial charge on any atom is 0.141 e. The Labute approximate surface area is 110 Å². The molecule has 1 heterocycles. The lowest BCUT2D eigenvalue weighted by molar-refractivity contribution is -0.122. The third-order valence-corrected chi connectivity index (χ3v) is 3.89. The fourth-order valence-electron chi connectivity index (χ4n) is 2.70. The molecule has 0 atom stereocenters. The summed E-state index contributed by atoms with van der Waals surface area (Å²) in [6.07, 6.45) is 10.9. The van der Waals surface area contributed by atoms with E-state index in [0.29, 0.717) is 12.2 Å². The third-order valence-electron chi connectivity index (χ3n) is 3.89. The maximum atomic E-state index is 12.3. The molecule has 18 heavy (non-hydrogen) atoms. The van der Waals surface area contributed by atoms with Crippen LogP contribution in [0.3, 0.4) is 0 Å². The van der Waals surface area contributed by atoms with Gasteiger partial charge in [0.25, 0.3) is 0 Å². The minimum Gasteiger partial charge on any atom is -0.299 e. The van der Waals surface area contributed by atoms with Gasteiger partial charge in [0.05, 0.1) is 0 Å². The van der Waals surface area contributed by atoms with Crippen LogP contribution in [0, 0.1) is 12.8 Å². The second-order valence-corrected chi connectivity index (χ2v) is 5.51. The highest BCUT2D eigenvalue weighted by atomic mass is 16.1. The monoisotopic (exact) mass is 245 g/mol. The summed E-state index contributed by atoms with van der Waals surface area (Å²) in [5.74, 6) is 0.682. The Balaban J connectivity index is 1.91. The number of aryl methyl sites for hydroxylation is 1. The van der Waals surface area contributed by atoms with Gasteiger partial charge >= 0.3 is 0 Å². The molecular weight excluding hydrogens is 222 g/mol. The summed E-state index contributed by atoms with van der Waals surface area (Å²) >= 11 is 0. The molecule has 1 fully saturated rings. The van der Waals surface area contributed by atoms with Gasteiger partial charge in [0.1, 0.15) is 5.78 Å². The number of hydrogen-bond acceptors (Lipinski definition) is 2. The van der Waals surface area contributed by atoms with Crippen LogP contribution in [0.2, 0.25) is 0 Å². The van der Waals surface area contributed by atoms with E-state index in [9.17, 15) is 4.79 Å². The van der Waals surface area contributed by atoms with Crippen molar-refractivity contribution in [2.75, 3.05) is 0 Å². The Morgan fingerprint density at radius 3 is 2.44 bits per heavy atom. The smallest absolute Gasteiger partial charge is 0.141 e. The van der Waals surface area contributed by atoms with Gasteiger partial charge in [-0.05, 0) is 31.4 Å². The van der Waals surface area contributed by atoms with E-state index in [4.69, 9.17) is 0 Å². The number of aromatic nitrogens is 1. The zero-order valence-electron chi connectivity index (χ0n) is 11.3. The number of nitrogens with zero attached hydrogens (tertiary/aromatic N) is 1. The summed E-state index contributed by atoms with van der Waals surface area (Å²) in [4.78, 5) is 16.6. The van der Waals surface area contributed by atoms with Crippen LogP contribution in [-0.2, 0) is 11.2 Å². The first-order chi connectivity index (χ1) is 8.75. The lowest BCUT2D eigenvalue weighted by Crippen LogP contribution is -2.18. The van der Waals surface area contributed by atoms with Crippen molar-refractivity contribution >= 4 is 5.78 Å². The van der Waals surface area contributed by atoms with Gasteiger partial charge in [0, 0.05) is 24.2 Å². The van der Waals surface area contributed by atoms with E-state index < -0.39 is 0 Å². The van der Waals surface area contributed by atoms with Crippen LogP contribution in [0.15, 0.2) is 18.3 Å². The van der Waals surface area contributed by atoms with E-state index in [-0.39, 0.29) is 5.92 Å². The summed E-state index contributed by atoms with van der Waals surface area (Å²) in [5, 5.41) is 0. The first-order valence-electron chi connectivity index (χ1n) is 7.20. The highest BCUT2D eigenvalue weighted by Crippen LogP contribution is 2.23. The Hall–Kier alpha value is -1.18. The second-order valence-electron chi connectivity index (χ2n) is 5.51. The summed E-state index contributed by atoms with van der Waals surface area (Å²) < 4.78 is 0. The summed E-state index contributed by atoms with van der Waals surface area (Å²) in [6, 6.07) is 4.02. The van der Waals surface area contributed by atoms with Gasteiger partial charge in [0.2, 0.25) is 0 Å². The number of rotatable bonds is 3. The minimum atomic E-state index is 0.286. The number of hydrogen-bond donors (Lipinski definition) is 0. The van der Waals surface area contributed by atoms with E-state index in [1.807, 2.05) is 25.3 Å². The van der Waals surface area contributed by atoms with Gasteiger partial charge in [-0.15, -0.1) is 0 Å². The number of ketones is 1. The molecule has 0 aliphatic heterocycles. The average molecular weight is 245 g/mol. The van der Waals surface area contributed by atoms with Crippen LogP contribution >= 0.6 is 0 Å². The molecule has 2 rings (SSSR count). The molecule has 0 bridgehead atoms. The molecule has 0 saturated heterocycles. The molecule has 0 radical (unpaired) electrons. The Morgan fingerprint density at radius 2 is 1.83 bits per heavy atom. The Bertz CT molecular complexity index is 375. The largest absolute Gasteiger partial charge is 0.299 e. The third kappa shape index (κ3) is 3.94. The molecular formula is C16H23NO. The fourth-order valence-corrected chi connectivity index (χ4v) is 2.70. The Morgan fingerprint density at radius 1 is 1.17 bits per heavy atom. The van der Waals surface area contributed by atoms with Crippen LogP contribution < -0.4 is 0 Å². The number of Topliss-reactive ketones (excluding diaryl/α,β-unsaturated/α-hetero) is 1. The van der Waals surface area contributed by atoms with Gasteiger partial charge in [-0.2, -0.15) is 0 Å². The van der Waals surface area contributed by atoms with Crippen molar-refractivity contribution in [1.82, 2.24) is 4.98 Å². The average Bonchev–Trinajstić information content (AvgIpc) is 2.31. The van der Waals surface area contributed by atoms with Crippen LogP contribution in [0.25, 0.3) is 0 Å². The van der Waals surface area contributed by atoms with Crippen molar-refractivity contribution in [3.63, 3.8) is 0 Å². The highest BCUT2D eigenvalue weighted by molar-refractivity contribution is 5.82. The predicted octanol–water partition coefficient (Wildman–Crippen LogP) is 3.86. The van der Waals surface area contributed by atoms with Crippen LogP contribution in [0.1, 0.15) is 56.2 Å². The van der Waals surface area contributed by atoms with Gasteiger partial charge < -0.3 is 0 Å². The number of carbonyl (C=O) groups is 1. The van der Waals surface area contributed by atoms with Crippen LogP contribution in [-0.4, -0.2) is 10.8 Å². The van der Waals surface area contributed by atoms with E-state index in [1.165, 1.54) is 32.1 Å². The molecule has 0 N–H and O–H groups in total. The van der Waals surface area contributed by atoms with E-state index in [2.05, 4.69) is 4.98 Å². The van der Waals surface area contributed by atoms with Gasteiger partial charge in [-0.25, -0.2) is 0 Å². The number of pyridine rings is 1. The first-order valence-corrected chi connectivity index (χ1v) is 7.20. The van der Waals surface area contributed by atoms with E-state index >= 15 is 0 Å². The maximum absolute atomic E-state index is 12.3. The molecule has 1 aliphatic rings. The summed E-state index contributed by atoms with van der Waals surface area (Å²) in [7, 11) is 0. The molecule has 2 heteroatoms. The van der Waals surface area contributed by atoms with Crippen LogP contribution in [0.4, 0.5) is 0 Å². The lowest BCUT2D eigenvalue weighted by Gasteiger charge is -2.18. The molecule has 1 saturated carbocycles. The molecule has 0 spiro atoms. The zero-order chi connectivity index (χ0) is 12.8. The van der Waals surface area contributed by atoms with E-state index in [0.717, 1.165) is 24.1 Å². The van der Waals surface area contributed by atoms with Crippen molar-refractivity contribution in [2.24, 2.45) is 5.92 Å². The number of carbonyl (C=O) groups excluding carboxylic acids is 1. The predicted molar refractivity (Wildman–Crippen MR) is 73.5 cm³/mol. The molecule has 0 aromatic carbocycles. The molecule has 0 amide bonds. The first kappa shape index (κ1) is 13.3. The van der Waals surface area contributed by atoms with Gasteiger partial charge in [0.15, 0.2) is 0 Å². The zero-order valence-corrected chi connectivity index (χ0v) is 11.3. The second kappa shape index (κ2) is 6.67. The van der Waals surface area contributed by atoms with Gasteiger partial charge in [-0.3, -0.25) is 9.78 Å². The van der Waals surface area contributed by atoms with E-state index in [1.54, 1.807) is 0 Å². The topological polar surface area (TPSA) is 30.0 Å². The normalized spacial score (nSPS) is 18.1. The molecule has 1 aromatic rings. The van der Waals surface area contributed by atoms with Crippen molar-refractivity contribution in [1.29, 1.82) is 0 Å². The van der Waals surface area contributed by atoms with Crippen molar-refractivity contribution in [3.05, 3.63) is 29.6 Å². The highest BCUT2D eigenvalue weighted by Gasteiger charge is 2.19. The standard InChI is InChI=1S/C16H23NO/c1-13-9-10-15(17-12-13)11-16(18)14-7-5-3-2-4-6-8-14/h9-10,12,14H,2-8,11H2,1H3. The molecule has 1 aromatic heterocycles. The van der Waals surface area contributed by atoms with Crippen molar-refractivity contribution in [2.45, 2.75) is 58.3 Å². The molecule has 1 aliphatic carbocycles. The molecule has 0 unspecified atom stereocenters. The molecule has 2 nitrogen and oxygen atoms in total. The SMILES string of the molecule is Cc1ccc(CC(=O)C2CCCCCCC2)nc1. The summed E-state index contributed by atoms with van der Waals surface area (Å²) in [5.41, 5.74) is 2.07. The van der Waals surface area contributed by atoms with Gasteiger partial charge in [-0.1, -0.05) is 38.2 Å². The van der Waals surface area contributed by atoms with Crippen LogP contribution in [0.5, 0.6) is 0 Å². The minimum absolute atomic E-state index is 0.286. The quantitative estimate of drug-likeness (QED) is 0.809. The summed E-state index contributed by atoms with van der Waals surface area (Å²) in [6.45, 7) is 2.02. The fraction of sp³-hybridized carbons (Fsp3) is 0.625. The lowest BCUT2D eigenvalue weighted by atomic mass is 9.86. The Kier molecular flexibility index (Phi) is 4.91. The van der Waals surface area contributed by atoms with Crippen molar-refractivity contribution in [3.8, 4) is 0 Å². The molecule has 98 valence electrons.